The van der Waals surface area contributed by atoms with Gasteiger partial charge in [0.05, 0.1) is 5.57 Å². The number of esters is 1. The van der Waals surface area contributed by atoms with E-state index in [1.165, 1.54) is 6.42 Å². The summed E-state index contributed by atoms with van der Waals surface area (Å²) in [6, 6.07) is 17.7. The first kappa shape index (κ1) is 22.9. The Labute approximate surface area is 206 Å². The molecule has 2 aliphatic carbocycles. The highest BCUT2D eigenvalue weighted by Crippen LogP contribution is 2.46. The zero-order valence-electron chi connectivity index (χ0n) is 19.5. The Kier molecular flexibility index (Phi) is 6.60. The van der Waals surface area contributed by atoms with E-state index in [2.05, 4.69) is 17.4 Å². The van der Waals surface area contributed by atoms with Crippen LogP contribution in [0.25, 0.3) is 0 Å². The van der Waals surface area contributed by atoms with Crippen molar-refractivity contribution in [3.63, 3.8) is 0 Å². The zero-order valence-corrected chi connectivity index (χ0v) is 20.2. The first-order chi connectivity index (χ1) is 16.5. The van der Waals surface area contributed by atoms with Crippen molar-refractivity contribution in [2.75, 3.05) is 0 Å². The van der Waals surface area contributed by atoms with Crippen molar-refractivity contribution in [3.05, 3.63) is 93.3 Å². The maximum absolute atomic E-state index is 13.6. The van der Waals surface area contributed by atoms with Gasteiger partial charge in [0.15, 0.2) is 5.78 Å². The topological polar surface area (TPSA) is 55.4 Å². The molecule has 2 aromatic rings. The molecule has 2 atom stereocenters. The lowest BCUT2D eigenvalue weighted by Crippen LogP contribution is -2.37. The van der Waals surface area contributed by atoms with Gasteiger partial charge in [-0.15, -0.1) is 0 Å². The second-order valence-corrected chi connectivity index (χ2v) is 10.1. The van der Waals surface area contributed by atoms with E-state index in [0.29, 0.717) is 22.6 Å². The predicted molar refractivity (Wildman–Crippen MR) is 133 cm³/mol. The van der Waals surface area contributed by atoms with Gasteiger partial charge in [-0.05, 0) is 68.2 Å². The number of halogens is 1. The molecule has 1 heterocycles. The minimum Gasteiger partial charge on any atom is -0.459 e. The lowest BCUT2D eigenvalue weighted by molar-refractivity contribution is -0.146. The van der Waals surface area contributed by atoms with E-state index in [1.807, 2.05) is 49.4 Å². The minimum absolute atomic E-state index is 0.0542. The first-order valence-corrected chi connectivity index (χ1v) is 12.6. The molecule has 0 aromatic heterocycles. The van der Waals surface area contributed by atoms with E-state index < -0.39 is 5.92 Å². The van der Waals surface area contributed by atoms with Crippen molar-refractivity contribution in [2.45, 2.75) is 69.8 Å². The molecule has 1 saturated carbocycles. The third-order valence-electron chi connectivity index (χ3n) is 7.33. The lowest BCUT2D eigenvalue weighted by Gasteiger charge is -2.37. The van der Waals surface area contributed by atoms with Gasteiger partial charge in [-0.3, -0.25) is 4.79 Å². The van der Waals surface area contributed by atoms with Gasteiger partial charge < -0.3 is 10.1 Å². The van der Waals surface area contributed by atoms with Gasteiger partial charge in [-0.2, -0.15) is 0 Å². The molecule has 34 heavy (non-hydrogen) atoms. The molecular weight excluding hydrogens is 446 g/mol. The van der Waals surface area contributed by atoms with E-state index in [9.17, 15) is 9.59 Å². The smallest absolute Gasteiger partial charge is 0.337 e. The Morgan fingerprint density at radius 3 is 2.44 bits per heavy atom. The number of rotatable bonds is 4. The zero-order chi connectivity index (χ0) is 23.7. The van der Waals surface area contributed by atoms with Crippen LogP contribution >= 0.6 is 11.6 Å². The Bertz CT molecular complexity index is 1160. The quantitative estimate of drug-likeness (QED) is 0.507. The normalized spacial score (nSPS) is 23.4. The molecule has 2 aromatic carbocycles. The van der Waals surface area contributed by atoms with Crippen LogP contribution in [0.1, 0.15) is 74.8 Å². The summed E-state index contributed by atoms with van der Waals surface area (Å²) in [6.45, 7) is 1.91. The Balaban J connectivity index is 1.53. The second kappa shape index (κ2) is 9.79. The van der Waals surface area contributed by atoms with E-state index in [1.54, 1.807) is 0 Å². The number of ketones is 1. The van der Waals surface area contributed by atoms with E-state index in [4.69, 9.17) is 16.3 Å². The van der Waals surface area contributed by atoms with Crippen LogP contribution in [0.4, 0.5) is 0 Å². The maximum atomic E-state index is 13.6. The Morgan fingerprint density at radius 2 is 1.71 bits per heavy atom. The molecule has 1 fully saturated rings. The van der Waals surface area contributed by atoms with Crippen LogP contribution in [-0.4, -0.2) is 17.9 Å². The van der Waals surface area contributed by atoms with Crippen LogP contribution in [-0.2, 0) is 14.3 Å². The number of ether oxygens (including phenoxy) is 1. The molecule has 0 amide bonds. The van der Waals surface area contributed by atoms with Gasteiger partial charge in [-0.25, -0.2) is 4.79 Å². The van der Waals surface area contributed by atoms with E-state index >= 15 is 0 Å². The molecule has 0 unspecified atom stereocenters. The van der Waals surface area contributed by atoms with E-state index in [0.717, 1.165) is 54.6 Å². The molecule has 0 bridgehead atoms. The summed E-state index contributed by atoms with van der Waals surface area (Å²) in [5.41, 5.74) is 4.87. The Hall–Kier alpha value is -2.85. The number of carbonyl (C=O) groups is 2. The molecule has 1 N–H and O–H groups in total. The van der Waals surface area contributed by atoms with Crippen LogP contribution in [0.2, 0.25) is 5.02 Å². The van der Waals surface area contributed by atoms with Gasteiger partial charge in [0.25, 0.3) is 0 Å². The Morgan fingerprint density at radius 1 is 0.971 bits per heavy atom. The SMILES string of the molecule is CC1=C(C(=O)OC2CCCCC2)[C@@H](c2cccc(Cl)c2)C2=C(C[C@H](c3ccccc3)CC2=O)N1. The molecule has 1 aliphatic heterocycles. The molecular formula is C29H30ClNO3. The fourth-order valence-corrected chi connectivity index (χ4v) is 5.89. The molecule has 5 rings (SSSR count). The summed E-state index contributed by atoms with van der Waals surface area (Å²) in [5, 5.41) is 4.02. The van der Waals surface area contributed by atoms with Crippen molar-refractivity contribution < 1.29 is 14.3 Å². The summed E-state index contributed by atoms with van der Waals surface area (Å²) < 4.78 is 5.98. The first-order valence-electron chi connectivity index (χ1n) is 12.3. The number of dihydropyridines is 1. The summed E-state index contributed by atoms with van der Waals surface area (Å²) in [5.74, 6) is -0.617. The molecule has 4 nitrogen and oxygen atoms in total. The summed E-state index contributed by atoms with van der Waals surface area (Å²) >= 11 is 6.35. The van der Waals surface area contributed by atoms with Gasteiger partial charge in [0.2, 0.25) is 0 Å². The second-order valence-electron chi connectivity index (χ2n) is 9.65. The number of nitrogens with one attached hydrogen (secondary N) is 1. The largest absolute Gasteiger partial charge is 0.459 e. The number of Topliss-reactive ketones (excluding diaryl/α,β-unsaturated/α-hetero) is 1. The highest BCUT2D eigenvalue weighted by Gasteiger charge is 2.42. The molecule has 5 heteroatoms. The molecule has 3 aliphatic rings. The monoisotopic (exact) mass is 475 g/mol. The fourth-order valence-electron chi connectivity index (χ4n) is 5.69. The van der Waals surface area contributed by atoms with Crippen LogP contribution < -0.4 is 5.32 Å². The summed E-state index contributed by atoms with van der Waals surface area (Å²) in [4.78, 5) is 27.2. The third-order valence-corrected chi connectivity index (χ3v) is 7.56. The van der Waals surface area contributed by atoms with Gasteiger partial charge >= 0.3 is 5.97 Å². The molecule has 176 valence electrons. The van der Waals surface area contributed by atoms with Crippen LogP contribution in [0, 0.1) is 0 Å². The van der Waals surface area contributed by atoms with Crippen molar-refractivity contribution in [1.29, 1.82) is 0 Å². The summed E-state index contributed by atoms with van der Waals surface area (Å²) in [6.07, 6.45) is 6.26. The van der Waals surface area contributed by atoms with Crippen molar-refractivity contribution in [2.24, 2.45) is 0 Å². The van der Waals surface area contributed by atoms with Gasteiger partial charge in [0, 0.05) is 34.3 Å². The van der Waals surface area contributed by atoms with Crippen LogP contribution in [0.15, 0.2) is 77.1 Å². The highest BCUT2D eigenvalue weighted by atomic mass is 35.5. The standard InChI is InChI=1S/C29H30ClNO3/c1-18-26(29(33)34-23-13-6-3-7-14-23)27(20-11-8-12-22(30)15-20)28-24(31-18)16-21(17-25(28)32)19-9-4-2-5-10-19/h2,4-5,8-12,15,21,23,27,31H,3,6-7,13-14,16-17H2,1H3/t21-,27+/m0/s1. The van der Waals surface area contributed by atoms with Crippen molar-refractivity contribution >= 4 is 23.4 Å². The van der Waals surface area contributed by atoms with Gasteiger partial charge in [-0.1, -0.05) is 60.5 Å². The maximum Gasteiger partial charge on any atom is 0.337 e. The van der Waals surface area contributed by atoms with Crippen LogP contribution in [0.3, 0.4) is 0 Å². The highest BCUT2D eigenvalue weighted by molar-refractivity contribution is 6.30. The van der Waals surface area contributed by atoms with Crippen molar-refractivity contribution in [3.8, 4) is 0 Å². The summed E-state index contributed by atoms with van der Waals surface area (Å²) in [7, 11) is 0. The minimum atomic E-state index is -0.477. The molecule has 0 saturated heterocycles. The number of allylic oxidation sites excluding steroid dienone is 3. The third kappa shape index (κ3) is 4.56. The predicted octanol–water partition coefficient (Wildman–Crippen LogP) is 6.58. The molecule has 0 spiro atoms. The number of benzene rings is 2. The number of hydrogen-bond acceptors (Lipinski definition) is 4. The fraction of sp³-hybridized carbons (Fsp3) is 0.379. The van der Waals surface area contributed by atoms with E-state index in [-0.39, 0.29) is 23.8 Å². The van der Waals surface area contributed by atoms with Crippen LogP contribution in [0.5, 0.6) is 0 Å². The lowest BCUT2D eigenvalue weighted by atomic mass is 9.71. The number of carbonyl (C=O) groups excluding carboxylic acids is 2. The average Bonchev–Trinajstić information content (AvgIpc) is 2.84. The van der Waals surface area contributed by atoms with Crippen molar-refractivity contribution in [1.82, 2.24) is 5.32 Å². The number of hydrogen-bond donors (Lipinski definition) is 1. The average molecular weight is 476 g/mol. The van der Waals surface area contributed by atoms with Gasteiger partial charge in [0.1, 0.15) is 6.10 Å². The molecule has 0 radical (unpaired) electrons.